The van der Waals surface area contributed by atoms with Crippen LogP contribution >= 0.6 is 0 Å². The Morgan fingerprint density at radius 2 is 1.72 bits per heavy atom. The Morgan fingerprint density at radius 3 is 2.44 bits per heavy atom. The Labute approximate surface area is 186 Å². The number of nitrogens with zero attached hydrogens (tertiary/aromatic N) is 7. The molecule has 0 bridgehead atoms. The largest absolute Gasteiger partial charge is 0.354 e. The third-order valence-corrected chi connectivity index (χ3v) is 6.24. The minimum Gasteiger partial charge on any atom is -0.354 e. The van der Waals surface area contributed by atoms with E-state index >= 15 is 0 Å². The lowest BCUT2D eigenvalue weighted by Gasteiger charge is -2.38. The number of nitriles is 2. The highest BCUT2D eigenvalue weighted by Gasteiger charge is 2.27. The molecule has 1 saturated heterocycles. The first kappa shape index (κ1) is 19.8. The molecule has 0 radical (unpaired) electrons. The smallest absolute Gasteiger partial charge is 0.157 e. The van der Waals surface area contributed by atoms with E-state index < -0.39 is 0 Å². The molecule has 0 unspecified atom stereocenters. The molecule has 0 amide bonds. The fourth-order valence-corrected chi connectivity index (χ4v) is 4.66. The molecule has 1 aliphatic heterocycles. The summed E-state index contributed by atoms with van der Waals surface area (Å²) in [5.41, 5.74) is 5.12. The number of anilines is 2. The van der Waals surface area contributed by atoms with Crippen LogP contribution in [0, 0.1) is 29.6 Å². The van der Waals surface area contributed by atoms with Crippen LogP contribution in [-0.2, 0) is 6.42 Å². The zero-order chi connectivity index (χ0) is 22.1. The van der Waals surface area contributed by atoms with Gasteiger partial charge in [0.15, 0.2) is 5.65 Å². The third-order valence-electron chi connectivity index (χ3n) is 6.24. The quantitative estimate of drug-likeness (QED) is 0.498. The van der Waals surface area contributed by atoms with Gasteiger partial charge in [0.05, 0.1) is 22.7 Å². The van der Waals surface area contributed by atoms with Gasteiger partial charge in [0.2, 0.25) is 0 Å². The van der Waals surface area contributed by atoms with Crippen molar-refractivity contribution in [2.24, 2.45) is 0 Å². The van der Waals surface area contributed by atoms with Crippen molar-refractivity contribution in [3.8, 4) is 12.1 Å². The molecule has 1 fully saturated rings. The van der Waals surface area contributed by atoms with Gasteiger partial charge in [0, 0.05) is 38.8 Å². The van der Waals surface area contributed by atoms with Crippen LogP contribution in [0.2, 0.25) is 0 Å². The molecule has 0 N–H and O–H groups in total. The van der Waals surface area contributed by atoms with E-state index in [0.717, 1.165) is 60.0 Å². The topological polar surface area (TPSA) is 84.2 Å². The number of para-hydroxylation sites is 2. The van der Waals surface area contributed by atoms with Crippen LogP contribution in [0.3, 0.4) is 0 Å². The fraction of sp³-hybridized carbons (Fsp3) is 0.280. The Morgan fingerprint density at radius 1 is 0.969 bits per heavy atom. The van der Waals surface area contributed by atoms with Crippen LogP contribution in [0.15, 0.2) is 48.7 Å². The Hall–Kier alpha value is -4.10. The molecule has 3 aromatic heterocycles. The van der Waals surface area contributed by atoms with Gasteiger partial charge in [-0.25, -0.2) is 9.97 Å². The summed E-state index contributed by atoms with van der Waals surface area (Å²) in [6, 6.07) is 18.6. The van der Waals surface area contributed by atoms with E-state index in [-0.39, 0.29) is 0 Å². The first-order valence-electron chi connectivity index (χ1n) is 10.8. The maximum atomic E-state index is 9.96. The van der Waals surface area contributed by atoms with E-state index in [9.17, 15) is 10.5 Å². The van der Waals surface area contributed by atoms with Crippen LogP contribution in [0.1, 0.15) is 23.1 Å². The maximum Gasteiger partial charge on any atom is 0.157 e. The zero-order valence-corrected chi connectivity index (χ0v) is 18.0. The van der Waals surface area contributed by atoms with Crippen LogP contribution in [0.4, 0.5) is 11.6 Å². The number of hydrogen-bond acceptors (Lipinski definition) is 6. The Kier molecular flexibility index (Phi) is 5.09. The van der Waals surface area contributed by atoms with Crippen molar-refractivity contribution in [2.45, 2.75) is 19.8 Å². The molecule has 0 aliphatic carbocycles. The van der Waals surface area contributed by atoms with Crippen molar-refractivity contribution in [1.29, 1.82) is 10.5 Å². The molecule has 0 saturated carbocycles. The van der Waals surface area contributed by atoms with Gasteiger partial charge < -0.3 is 9.80 Å². The van der Waals surface area contributed by atoms with Crippen molar-refractivity contribution < 1.29 is 0 Å². The zero-order valence-electron chi connectivity index (χ0n) is 18.0. The number of piperazine rings is 1. The molecule has 1 aliphatic rings. The molecule has 5 rings (SSSR count). The Bertz CT molecular complexity index is 1370. The molecule has 7 heteroatoms. The van der Waals surface area contributed by atoms with E-state index in [1.165, 1.54) is 0 Å². The van der Waals surface area contributed by atoms with Crippen LogP contribution < -0.4 is 9.80 Å². The molecular formula is C25H23N7. The first-order chi connectivity index (χ1) is 15.7. The monoisotopic (exact) mass is 421 g/mol. The number of hydrogen-bond donors (Lipinski definition) is 0. The molecular weight excluding hydrogens is 398 g/mol. The van der Waals surface area contributed by atoms with Gasteiger partial charge in [-0.1, -0.05) is 18.2 Å². The number of benzene rings is 1. The lowest BCUT2D eigenvalue weighted by Crippen LogP contribution is -2.47. The molecule has 32 heavy (non-hydrogen) atoms. The summed E-state index contributed by atoms with van der Waals surface area (Å²) in [5.74, 6) is 2.05. The van der Waals surface area contributed by atoms with Crippen molar-refractivity contribution >= 4 is 28.3 Å². The van der Waals surface area contributed by atoms with Crippen LogP contribution in [0.5, 0.6) is 0 Å². The SMILES string of the molecule is Cc1c(CCC#N)c(N2CCN(c3ccccn3)CC2)n2c(nc3ccccc32)c1C#N. The first-order valence-corrected chi connectivity index (χ1v) is 10.8. The normalized spacial score (nSPS) is 14.0. The number of fused-ring (bicyclic) bond motifs is 3. The lowest BCUT2D eigenvalue weighted by atomic mass is 9.99. The molecule has 0 spiro atoms. The summed E-state index contributed by atoms with van der Waals surface area (Å²) in [6.45, 7) is 5.33. The van der Waals surface area contributed by atoms with Crippen molar-refractivity contribution in [3.63, 3.8) is 0 Å². The maximum absolute atomic E-state index is 9.96. The second-order valence-corrected chi connectivity index (χ2v) is 7.99. The molecule has 4 heterocycles. The highest BCUT2D eigenvalue weighted by molar-refractivity contribution is 5.86. The summed E-state index contributed by atoms with van der Waals surface area (Å²) in [5, 5.41) is 19.2. The van der Waals surface area contributed by atoms with Gasteiger partial charge in [0.25, 0.3) is 0 Å². The molecule has 4 aromatic rings. The van der Waals surface area contributed by atoms with Crippen LogP contribution in [0.25, 0.3) is 16.7 Å². The highest BCUT2D eigenvalue weighted by Crippen LogP contribution is 2.34. The van der Waals surface area contributed by atoms with Crippen molar-refractivity contribution in [3.05, 3.63) is 65.4 Å². The summed E-state index contributed by atoms with van der Waals surface area (Å²) in [4.78, 5) is 14.0. The molecule has 158 valence electrons. The fourth-order valence-electron chi connectivity index (χ4n) is 4.66. The van der Waals surface area contributed by atoms with Crippen LogP contribution in [-0.4, -0.2) is 40.5 Å². The van der Waals surface area contributed by atoms with Crippen molar-refractivity contribution in [1.82, 2.24) is 14.4 Å². The standard InChI is InChI=1S/C25H23N7/c1-18-19(7-6-11-26)25(31-15-13-30(14-16-31)23-10-4-5-12-28-23)32-22-9-3-2-8-21(22)29-24(32)20(18)17-27/h2-5,8-10,12H,6-7,13-16H2,1H3. The number of aromatic nitrogens is 3. The van der Waals surface area contributed by atoms with Gasteiger partial charge in [-0.3, -0.25) is 4.40 Å². The van der Waals surface area contributed by atoms with E-state index in [2.05, 4.69) is 31.3 Å². The van der Waals surface area contributed by atoms with Gasteiger partial charge >= 0.3 is 0 Å². The summed E-state index contributed by atoms with van der Waals surface area (Å²) >= 11 is 0. The van der Waals surface area contributed by atoms with E-state index in [1.54, 1.807) is 0 Å². The second-order valence-electron chi connectivity index (χ2n) is 7.99. The third kappa shape index (κ3) is 3.19. The van der Waals surface area contributed by atoms with Gasteiger partial charge in [0.1, 0.15) is 17.7 Å². The lowest BCUT2D eigenvalue weighted by molar-refractivity contribution is 0.636. The number of imidazole rings is 1. The summed E-state index contributed by atoms with van der Waals surface area (Å²) in [6.07, 6.45) is 2.84. The second kappa shape index (κ2) is 8.20. The predicted molar refractivity (Wildman–Crippen MR) is 125 cm³/mol. The van der Waals surface area contributed by atoms with E-state index in [1.807, 2.05) is 55.6 Å². The number of pyridine rings is 2. The molecule has 0 atom stereocenters. The number of rotatable bonds is 4. The summed E-state index contributed by atoms with van der Waals surface area (Å²) < 4.78 is 2.13. The molecule has 1 aromatic carbocycles. The van der Waals surface area contributed by atoms with Gasteiger partial charge in [-0.15, -0.1) is 0 Å². The minimum absolute atomic E-state index is 0.407. The highest BCUT2D eigenvalue weighted by atomic mass is 15.3. The minimum atomic E-state index is 0.407. The predicted octanol–water partition coefficient (Wildman–Crippen LogP) is 3.85. The summed E-state index contributed by atoms with van der Waals surface area (Å²) in [7, 11) is 0. The van der Waals surface area contributed by atoms with E-state index in [4.69, 9.17) is 4.98 Å². The Balaban J connectivity index is 1.66. The van der Waals surface area contributed by atoms with E-state index in [0.29, 0.717) is 24.1 Å². The van der Waals surface area contributed by atoms with Gasteiger partial charge in [-0.05, 0) is 48.7 Å². The molecule has 7 nitrogen and oxygen atoms in total. The van der Waals surface area contributed by atoms with Crippen molar-refractivity contribution in [2.75, 3.05) is 36.0 Å². The van der Waals surface area contributed by atoms with Gasteiger partial charge in [-0.2, -0.15) is 10.5 Å². The average Bonchev–Trinajstić information content (AvgIpc) is 3.22. The average molecular weight is 422 g/mol.